The fourth-order valence-electron chi connectivity index (χ4n) is 4.79. The Morgan fingerprint density at radius 2 is 1.74 bits per heavy atom. The number of fused-ring (bicyclic) bond motifs is 2. The van der Waals surface area contributed by atoms with Gasteiger partial charge in [-0.25, -0.2) is 12.8 Å². The van der Waals surface area contributed by atoms with Crippen LogP contribution in [0.15, 0.2) is 67.3 Å². The van der Waals surface area contributed by atoms with Gasteiger partial charge in [0.05, 0.1) is 40.7 Å². The molecule has 0 saturated carbocycles. The Labute approximate surface area is 245 Å². The lowest BCUT2D eigenvalue weighted by Crippen LogP contribution is -2.20. The summed E-state index contributed by atoms with van der Waals surface area (Å²) < 4.78 is 38.7. The van der Waals surface area contributed by atoms with E-state index in [0.717, 1.165) is 23.2 Å². The molecular formula is C30H27FN8O3S. The summed E-state index contributed by atoms with van der Waals surface area (Å²) in [6, 6.07) is 11.3. The number of carbonyl (C=O) groups is 1. The zero-order valence-corrected chi connectivity index (χ0v) is 24.2. The topological polar surface area (TPSA) is 172 Å². The standard InChI is InChI=1S/C30H27FN8O3S/c1-15(2)30(40)36-20-9-18(12-33-13-20)24-10-22-26(14-35-24)38-39-28(22)25-11-21-23(37-25)4-5-34-27(21)16-6-17(8-19(31)7-16)29(32)43(3,41)42/h4-15,29,37H,32H2,1-3H3,(H,36,40)(H,38,39). The molecule has 5 aromatic heterocycles. The number of hydrogen-bond donors (Lipinski definition) is 4. The van der Waals surface area contributed by atoms with Crippen molar-refractivity contribution in [3.63, 3.8) is 0 Å². The summed E-state index contributed by atoms with van der Waals surface area (Å²) in [5.41, 5.74) is 11.5. The first kappa shape index (κ1) is 28.1. The number of aromatic amines is 2. The van der Waals surface area contributed by atoms with E-state index in [-0.39, 0.29) is 17.4 Å². The molecule has 1 unspecified atom stereocenters. The number of anilines is 1. The lowest BCUT2D eigenvalue weighted by Gasteiger charge is -2.12. The minimum absolute atomic E-state index is 0.111. The number of pyridine rings is 3. The van der Waals surface area contributed by atoms with Gasteiger partial charge < -0.3 is 16.0 Å². The minimum atomic E-state index is -3.65. The van der Waals surface area contributed by atoms with Gasteiger partial charge in [0.25, 0.3) is 0 Å². The summed E-state index contributed by atoms with van der Waals surface area (Å²) in [5.74, 6) is -0.909. The summed E-state index contributed by atoms with van der Waals surface area (Å²) in [6.45, 7) is 3.63. The van der Waals surface area contributed by atoms with Gasteiger partial charge in [-0.3, -0.25) is 24.8 Å². The number of amides is 1. The van der Waals surface area contributed by atoms with Crippen LogP contribution in [-0.4, -0.2) is 50.7 Å². The van der Waals surface area contributed by atoms with E-state index in [9.17, 15) is 17.6 Å². The number of carbonyl (C=O) groups excluding carboxylic acids is 1. The van der Waals surface area contributed by atoms with Gasteiger partial charge in [-0.1, -0.05) is 13.8 Å². The van der Waals surface area contributed by atoms with E-state index in [1.54, 1.807) is 30.9 Å². The molecule has 11 nitrogen and oxygen atoms in total. The molecule has 13 heteroatoms. The normalized spacial score (nSPS) is 12.7. The zero-order valence-electron chi connectivity index (χ0n) is 23.4. The van der Waals surface area contributed by atoms with Crippen molar-refractivity contribution in [1.82, 2.24) is 30.1 Å². The second-order valence-electron chi connectivity index (χ2n) is 10.6. The number of halogens is 1. The van der Waals surface area contributed by atoms with Crippen LogP contribution in [-0.2, 0) is 14.6 Å². The second-order valence-corrected chi connectivity index (χ2v) is 12.8. The van der Waals surface area contributed by atoms with Crippen LogP contribution in [0.25, 0.3) is 55.7 Å². The molecule has 218 valence electrons. The van der Waals surface area contributed by atoms with Gasteiger partial charge in [0.2, 0.25) is 5.91 Å². The summed E-state index contributed by atoms with van der Waals surface area (Å²) in [7, 11) is -3.65. The third kappa shape index (κ3) is 5.47. The number of H-pyrrole nitrogens is 2. The molecule has 6 rings (SSSR count). The first-order valence-corrected chi connectivity index (χ1v) is 15.3. The largest absolute Gasteiger partial charge is 0.353 e. The third-order valence-corrected chi connectivity index (χ3v) is 8.25. The molecule has 0 aliphatic carbocycles. The molecular weight excluding hydrogens is 571 g/mol. The monoisotopic (exact) mass is 598 g/mol. The number of nitrogens with zero attached hydrogens (tertiary/aromatic N) is 4. The van der Waals surface area contributed by atoms with E-state index in [2.05, 4.69) is 35.5 Å². The molecule has 0 spiro atoms. The van der Waals surface area contributed by atoms with Crippen LogP contribution in [0.2, 0.25) is 0 Å². The predicted molar refractivity (Wildman–Crippen MR) is 163 cm³/mol. The number of benzene rings is 1. The molecule has 5 heterocycles. The Bertz CT molecular complexity index is 2140. The number of nitrogens with one attached hydrogen (secondary N) is 3. The lowest BCUT2D eigenvalue weighted by atomic mass is 10.0. The maximum Gasteiger partial charge on any atom is 0.226 e. The molecule has 0 aliphatic rings. The summed E-state index contributed by atoms with van der Waals surface area (Å²) in [5, 5.41) is 10.5. The van der Waals surface area contributed by atoms with Gasteiger partial charge in [-0.2, -0.15) is 5.10 Å². The number of aromatic nitrogens is 6. The Kier molecular flexibility index (Phi) is 6.98. The fourth-order valence-corrected chi connectivity index (χ4v) is 5.42. The van der Waals surface area contributed by atoms with E-state index in [1.165, 1.54) is 12.1 Å². The van der Waals surface area contributed by atoms with Crippen LogP contribution in [0.5, 0.6) is 0 Å². The van der Waals surface area contributed by atoms with Crippen molar-refractivity contribution in [2.75, 3.05) is 11.6 Å². The van der Waals surface area contributed by atoms with E-state index < -0.39 is 21.0 Å². The van der Waals surface area contributed by atoms with Crippen molar-refractivity contribution in [2.45, 2.75) is 19.2 Å². The van der Waals surface area contributed by atoms with Crippen molar-refractivity contribution in [1.29, 1.82) is 0 Å². The Morgan fingerprint density at radius 3 is 2.51 bits per heavy atom. The highest BCUT2D eigenvalue weighted by atomic mass is 32.2. The molecule has 0 fully saturated rings. The fraction of sp³-hybridized carbons (Fsp3) is 0.167. The molecule has 0 bridgehead atoms. The quantitative estimate of drug-likeness (QED) is 0.199. The Hall–Kier alpha value is -5.01. The molecule has 1 atom stereocenters. The van der Waals surface area contributed by atoms with E-state index >= 15 is 0 Å². The zero-order chi connectivity index (χ0) is 30.5. The van der Waals surface area contributed by atoms with Gasteiger partial charge >= 0.3 is 0 Å². The van der Waals surface area contributed by atoms with Crippen LogP contribution in [0.3, 0.4) is 0 Å². The van der Waals surface area contributed by atoms with Crippen molar-refractivity contribution in [3.8, 4) is 33.9 Å². The van der Waals surface area contributed by atoms with Crippen molar-refractivity contribution in [3.05, 3.63) is 78.6 Å². The SMILES string of the molecule is CC(C)C(=O)Nc1cncc(-c2cc3c(-c4cc5c(-c6cc(F)cc(C(N)S(C)(=O)=O)c6)nccc5[nH]4)n[nH]c3cn2)c1. The maximum absolute atomic E-state index is 14.6. The average Bonchev–Trinajstić information content (AvgIpc) is 3.59. The Balaban J connectivity index is 1.41. The van der Waals surface area contributed by atoms with E-state index in [4.69, 9.17) is 5.73 Å². The van der Waals surface area contributed by atoms with Crippen molar-refractivity contribution >= 4 is 43.2 Å². The van der Waals surface area contributed by atoms with Gasteiger partial charge in [-0.05, 0) is 48.0 Å². The van der Waals surface area contributed by atoms with Crippen molar-refractivity contribution < 1.29 is 17.6 Å². The molecule has 5 N–H and O–H groups in total. The van der Waals surface area contributed by atoms with Crippen LogP contribution in [0.4, 0.5) is 10.1 Å². The van der Waals surface area contributed by atoms with Gasteiger partial charge in [0.15, 0.2) is 9.84 Å². The van der Waals surface area contributed by atoms with E-state index in [0.29, 0.717) is 50.5 Å². The number of sulfone groups is 1. The minimum Gasteiger partial charge on any atom is -0.353 e. The molecule has 0 saturated heterocycles. The predicted octanol–water partition coefficient (Wildman–Crippen LogP) is 4.97. The number of nitrogens with two attached hydrogens (primary N) is 1. The summed E-state index contributed by atoms with van der Waals surface area (Å²) in [4.78, 5) is 28.8. The van der Waals surface area contributed by atoms with Crippen LogP contribution in [0, 0.1) is 11.7 Å². The highest BCUT2D eigenvalue weighted by Gasteiger charge is 2.21. The first-order valence-electron chi connectivity index (χ1n) is 13.3. The van der Waals surface area contributed by atoms with Crippen LogP contribution in [0.1, 0.15) is 24.8 Å². The molecule has 0 aliphatic heterocycles. The highest BCUT2D eigenvalue weighted by Crippen LogP contribution is 2.35. The molecule has 43 heavy (non-hydrogen) atoms. The Morgan fingerprint density at radius 1 is 0.953 bits per heavy atom. The van der Waals surface area contributed by atoms with Gasteiger partial charge in [-0.15, -0.1) is 0 Å². The van der Waals surface area contributed by atoms with Gasteiger partial charge in [0.1, 0.15) is 16.9 Å². The van der Waals surface area contributed by atoms with E-state index in [1.807, 2.05) is 32.0 Å². The molecule has 6 aromatic rings. The average molecular weight is 599 g/mol. The molecule has 1 aromatic carbocycles. The number of hydrogen-bond acceptors (Lipinski definition) is 8. The molecule has 0 radical (unpaired) electrons. The number of rotatable bonds is 7. The van der Waals surface area contributed by atoms with Crippen LogP contribution >= 0.6 is 0 Å². The molecule has 1 amide bonds. The third-order valence-electron chi connectivity index (χ3n) is 7.06. The first-order chi connectivity index (χ1) is 20.5. The maximum atomic E-state index is 14.6. The smallest absolute Gasteiger partial charge is 0.226 e. The van der Waals surface area contributed by atoms with Gasteiger partial charge in [0, 0.05) is 52.0 Å². The highest BCUT2D eigenvalue weighted by molar-refractivity contribution is 7.90. The van der Waals surface area contributed by atoms with Crippen LogP contribution < -0.4 is 11.1 Å². The van der Waals surface area contributed by atoms with Crippen molar-refractivity contribution in [2.24, 2.45) is 11.7 Å². The summed E-state index contributed by atoms with van der Waals surface area (Å²) >= 11 is 0. The second kappa shape index (κ2) is 10.7. The lowest BCUT2D eigenvalue weighted by molar-refractivity contribution is -0.118. The summed E-state index contributed by atoms with van der Waals surface area (Å²) in [6.07, 6.45) is 7.52.